The van der Waals surface area contributed by atoms with Gasteiger partial charge in [0.15, 0.2) is 0 Å². The van der Waals surface area contributed by atoms with Crippen LogP contribution in [0.3, 0.4) is 0 Å². The van der Waals surface area contributed by atoms with Crippen molar-refractivity contribution >= 4 is 11.6 Å². The van der Waals surface area contributed by atoms with Crippen molar-refractivity contribution in [1.29, 1.82) is 0 Å². The van der Waals surface area contributed by atoms with Crippen molar-refractivity contribution in [3.8, 4) is 0 Å². The van der Waals surface area contributed by atoms with Gasteiger partial charge in [-0.2, -0.15) is 0 Å². The third-order valence-corrected chi connectivity index (χ3v) is 2.31. The minimum atomic E-state index is -0.297. The highest BCUT2D eigenvalue weighted by atomic mass is 35.5. The van der Waals surface area contributed by atoms with Gasteiger partial charge in [0.2, 0.25) is 0 Å². The Morgan fingerprint density at radius 3 is 2.00 bits per heavy atom. The highest BCUT2D eigenvalue weighted by Gasteiger charge is 2.07. The minimum Gasteiger partial charge on any atom is -0.205 e. The van der Waals surface area contributed by atoms with Gasteiger partial charge in [0.25, 0.3) is 0 Å². The lowest BCUT2D eigenvalue weighted by Gasteiger charge is -2.06. The van der Waals surface area contributed by atoms with Crippen LogP contribution < -0.4 is 0 Å². The highest BCUT2D eigenvalue weighted by molar-refractivity contribution is 6.30. The van der Waals surface area contributed by atoms with Crippen molar-refractivity contribution in [3.05, 3.63) is 33.6 Å². The zero-order valence-electron chi connectivity index (χ0n) is 8.83. The quantitative estimate of drug-likeness (QED) is 0.584. The van der Waals surface area contributed by atoms with E-state index in [-0.39, 0.29) is 10.8 Å². The van der Waals surface area contributed by atoms with Crippen molar-refractivity contribution in [2.75, 3.05) is 0 Å². The first-order valence-electron chi connectivity index (χ1n) is 4.46. The van der Waals surface area contributed by atoms with Gasteiger partial charge in [0.05, 0.1) is 5.02 Å². The van der Waals surface area contributed by atoms with E-state index in [9.17, 15) is 4.39 Å². The topological polar surface area (TPSA) is 0 Å². The van der Waals surface area contributed by atoms with Crippen LogP contribution in [0.4, 0.5) is 4.39 Å². The summed E-state index contributed by atoms with van der Waals surface area (Å²) in [5, 5.41) is 0.214. The number of halogens is 2. The lowest BCUT2D eigenvalue weighted by molar-refractivity contribution is 0.616. The molecule has 0 aliphatic rings. The predicted molar refractivity (Wildman–Crippen MR) is 57.0 cm³/mol. The predicted octanol–water partition coefficient (Wildman–Crippen LogP) is 4.43. The second-order valence-electron chi connectivity index (χ2n) is 2.74. The molecular weight excluding hydrogens is 187 g/mol. The van der Waals surface area contributed by atoms with E-state index in [4.69, 9.17) is 11.6 Å². The Balaban J connectivity index is 0.000000671. The Morgan fingerprint density at radius 2 is 1.54 bits per heavy atom. The molecule has 1 aromatic carbocycles. The Kier molecular flexibility index (Phi) is 5.01. The van der Waals surface area contributed by atoms with Gasteiger partial charge in [-0.1, -0.05) is 25.4 Å². The van der Waals surface area contributed by atoms with Gasteiger partial charge in [-0.05, 0) is 43.5 Å². The minimum absolute atomic E-state index is 0.214. The average molecular weight is 203 g/mol. The molecule has 0 nitrogen and oxygen atoms in total. The smallest absolute Gasteiger partial charge is 0.144 e. The van der Waals surface area contributed by atoms with Crippen LogP contribution in [-0.4, -0.2) is 0 Å². The molecule has 13 heavy (non-hydrogen) atoms. The molecule has 1 rings (SSSR count). The average Bonchev–Trinajstić information content (AvgIpc) is 2.15. The third kappa shape index (κ3) is 2.70. The molecule has 2 heteroatoms. The standard InChI is InChI=1S/C9H10ClF.C2H6/c1-5-4-8(10)9(11)7(3)6(5)2;1-2/h4H,1-3H3;1-2H3. The van der Waals surface area contributed by atoms with E-state index in [2.05, 4.69) is 0 Å². The van der Waals surface area contributed by atoms with Gasteiger partial charge in [0.1, 0.15) is 5.82 Å². The molecule has 0 spiro atoms. The number of benzene rings is 1. The molecule has 0 saturated heterocycles. The molecular formula is C11H16ClF. The normalized spacial score (nSPS) is 9.15. The summed E-state index contributed by atoms with van der Waals surface area (Å²) in [4.78, 5) is 0. The van der Waals surface area contributed by atoms with Crippen LogP contribution >= 0.6 is 11.6 Å². The maximum Gasteiger partial charge on any atom is 0.144 e. The number of hydrogen-bond donors (Lipinski definition) is 0. The fourth-order valence-corrected chi connectivity index (χ4v) is 1.31. The van der Waals surface area contributed by atoms with E-state index in [0.29, 0.717) is 5.56 Å². The molecule has 0 aromatic heterocycles. The van der Waals surface area contributed by atoms with E-state index in [1.807, 2.05) is 27.7 Å². The Morgan fingerprint density at radius 1 is 1.08 bits per heavy atom. The summed E-state index contributed by atoms with van der Waals surface area (Å²) in [7, 11) is 0. The van der Waals surface area contributed by atoms with Crippen LogP contribution in [0.2, 0.25) is 5.02 Å². The lowest BCUT2D eigenvalue weighted by atomic mass is 10.0. The SMILES string of the molecule is CC.Cc1cc(Cl)c(F)c(C)c1C. The van der Waals surface area contributed by atoms with Crippen LogP contribution in [0.5, 0.6) is 0 Å². The maximum absolute atomic E-state index is 13.0. The zero-order chi connectivity index (χ0) is 10.6. The molecule has 0 aliphatic carbocycles. The lowest BCUT2D eigenvalue weighted by Crippen LogP contribution is -1.91. The molecule has 74 valence electrons. The number of hydrogen-bond acceptors (Lipinski definition) is 0. The Labute approximate surface area is 84.7 Å². The van der Waals surface area contributed by atoms with Crippen molar-refractivity contribution in [2.24, 2.45) is 0 Å². The van der Waals surface area contributed by atoms with Crippen LogP contribution in [-0.2, 0) is 0 Å². The van der Waals surface area contributed by atoms with Crippen molar-refractivity contribution in [1.82, 2.24) is 0 Å². The summed E-state index contributed by atoms with van der Waals surface area (Å²) < 4.78 is 13.0. The van der Waals surface area contributed by atoms with Gasteiger partial charge in [-0.15, -0.1) is 0 Å². The molecule has 0 aliphatic heterocycles. The van der Waals surface area contributed by atoms with Crippen molar-refractivity contribution in [2.45, 2.75) is 34.6 Å². The molecule has 0 N–H and O–H groups in total. The number of aryl methyl sites for hydroxylation is 1. The second-order valence-corrected chi connectivity index (χ2v) is 3.15. The van der Waals surface area contributed by atoms with Gasteiger partial charge >= 0.3 is 0 Å². The van der Waals surface area contributed by atoms with E-state index < -0.39 is 0 Å². The first-order valence-corrected chi connectivity index (χ1v) is 4.83. The van der Waals surface area contributed by atoms with Crippen molar-refractivity contribution < 1.29 is 4.39 Å². The molecule has 1 aromatic rings. The van der Waals surface area contributed by atoms with E-state index in [1.54, 1.807) is 13.0 Å². The fourth-order valence-electron chi connectivity index (χ4n) is 1.00. The largest absolute Gasteiger partial charge is 0.205 e. The Bertz CT molecular complexity index is 266. The van der Waals surface area contributed by atoms with Gasteiger partial charge in [-0.3, -0.25) is 0 Å². The zero-order valence-corrected chi connectivity index (χ0v) is 9.59. The number of rotatable bonds is 0. The van der Waals surface area contributed by atoms with Gasteiger partial charge in [-0.25, -0.2) is 4.39 Å². The van der Waals surface area contributed by atoms with Crippen LogP contribution in [0.15, 0.2) is 6.07 Å². The fraction of sp³-hybridized carbons (Fsp3) is 0.455. The second kappa shape index (κ2) is 5.23. The summed E-state index contributed by atoms with van der Waals surface area (Å²) in [6.07, 6.45) is 0. The Hall–Kier alpha value is -0.560. The molecule has 0 heterocycles. The first kappa shape index (κ1) is 12.4. The summed E-state index contributed by atoms with van der Waals surface area (Å²) in [6, 6.07) is 1.65. The van der Waals surface area contributed by atoms with Crippen LogP contribution in [0, 0.1) is 26.6 Å². The van der Waals surface area contributed by atoms with Crippen molar-refractivity contribution in [3.63, 3.8) is 0 Å². The molecule has 0 unspecified atom stereocenters. The summed E-state index contributed by atoms with van der Waals surface area (Å²) in [5.74, 6) is -0.297. The molecule has 0 amide bonds. The summed E-state index contributed by atoms with van der Waals surface area (Å²) >= 11 is 5.62. The third-order valence-electron chi connectivity index (χ3n) is 2.04. The highest BCUT2D eigenvalue weighted by Crippen LogP contribution is 2.23. The molecule has 0 atom stereocenters. The van der Waals surface area contributed by atoms with E-state index in [1.165, 1.54) is 0 Å². The van der Waals surface area contributed by atoms with Gasteiger partial charge in [0, 0.05) is 0 Å². The maximum atomic E-state index is 13.0. The van der Waals surface area contributed by atoms with E-state index in [0.717, 1.165) is 11.1 Å². The van der Waals surface area contributed by atoms with Crippen LogP contribution in [0.25, 0.3) is 0 Å². The van der Waals surface area contributed by atoms with E-state index >= 15 is 0 Å². The first-order chi connectivity index (χ1) is 6.04. The van der Waals surface area contributed by atoms with Gasteiger partial charge < -0.3 is 0 Å². The molecule has 0 saturated carbocycles. The molecule has 0 radical (unpaired) electrons. The van der Waals surface area contributed by atoms with Crippen LogP contribution in [0.1, 0.15) is 30.5 Å². The molecule has 0 bridgehead atoms. The molecule has 0 fully saturated rings. The summed E-state index contributed by atoms with van der Waals surface area (Å²) in [5.41, 5.74) is 2.66. The monoisotopic (exact) mass is 202 g/mol. The summed E-state index contributed by atoms with van der Waals surface area (Å²) in [6.45, 7) is 9.56.